The molecule has 6 nitrogen and oxygen atoms in total. The lowest BCUT2D eigenvalue weighted by molar-refractivity contribution is 0.101. The van der Waals surface area contributed by atoms with Crippen molar-refractivity contribution in [3.63, 3.8) is 0 Å². The number of rotatable bonds is 4. The molecule has 5 rings (SSSR count). The van der Waals surface area contributed by atoms with Gasteiger partial charge in [-0.3, -0.25) is 4.79 Å². The van der Waals surface area contributed by atoms with E-state index in [1.54, 1.807) is 12.3 Å². The Labute approximate surface area is 164 Å². The van der Waals surface area contributed by atoms with Crippen molar-refractivity contribution < 1.29 is 14.3 Å². The predicted octanol–water partition coefficient (Wildman–Crippen LogP) is 3.72. The van der Waals surface area contributed by atoms with E-state index in [9.17, 15) is 9.59 Å². The van der Waals surface area contributed by atoms with E-state index < -0.39 is 0 Å². The molecule has 2 saturated carbocycles. The highest BCUT2D eigenvalue weighted by atomic mass is 16.5. The van der Waals surface area contributed by atoms with Gasteiger partial charge in [0.15, 0.2) is 5.78 Å². The van der Waals surface area contributed by atoms with Gasteiger partial charge in [0.25, 0.3) is 0 Å². The number of carbonyl (C=O) groups excluding carboxylic acids is 2. The number of hydrogen-bond acceptors (Lipinski definition) is 4. The van der Waals surface area contributed by atoms with Gasteiger partial charge in [-0.15, -0.1) is 0 Å². The summed E-state index contributed by atoms with van der Waals surface area (Å²) in [5.74, 6) is 2.54. The van der Waals surface area contributed by atoms with Gasteiger partial charge in [0, 0.05) is 26.2 Å². The minimum atomic E-state index is -0.142. The third-order valence-corrected chi connectivity index (χ3v) is 6.33. The molecular formula is C22H25N3O3. The molecule has 1 aliphatic heterocycles. The zero-order chi connectivity index (χ0) is 19.3. The highest BCUT2D eigenvalue weighted by Gasteiger charge is 2.43. The molecule has 0 radical (unpaired) electrons. The molecule has 3 atom stereocenters. The van der Waals surface area contributed by atoms with Crippen molar-refractivity contribution in [1.82, 2.24) is 14.7 Å². The number of aromatic nitrogens is 2. The quantitative estimate of drug-likeness (QED) is 0.760. The second kappa shape index (κ2) is 6.76. The zero-order valence-electron chi connectivity index (χ0n) is 16.1. The first-order valence-electron chi connectivity index (χ1n) is 10.2. The second-order valence-electron chi connectivity index (χ2n) is 8.47. The van der Waals surface area contributed by atoms with Crippen LogP contribution in [0.3, 0.4) is 0 Å². The van der Waals surface area contributed by atoms with Crippen LogP contribution in [-0.4, -0.2) is 45.7 Å². The average Bonchev–Trinajstić information content (AvgIpc) is 3.09. The van der Waals surface area contributed by atoms with Crippen molar-refractivity contribution in [3.8, 4) is 5.75 Å². The van der Waals surface area contributed by atoms with E-state index in [4.69, 9.17) is 4.74 Å². The molecule has 0 bridgehead atoms. The molecular weight excluding hydrogens is 354 g/mol. The maximum atomic E-state index is 12.7. The van der Waals surface area contributed by atoms with E-state index in [-0.39, 0.29) is 17.9 Å². The average molecular weight is 379 g/mol. The van der Waals surface area contributed by atoms with Crippen LogP contribution in [0.2, 0.25) is 0 Å². The Morgan fingerprint density at radius 1 is 1.11 bits per heavy atom. The van der Waals surface area contributed by atoms with Gasteiger partial charge in [0.2, 0.25) is 0 Å². The fourth-order valence-electron chi connectivity index (χ4n) is 4.71. The number of likely N-dealkylation sites (tertiary alicyclic amines) is 1. The first-order chi connectivity index (χ1) is 13.6. The maximum absolute atomic E-state index is 12.7. The number of ether oxygens (including phenoxy) is 1. The maximum Gasteiger partial charge on any atom is 0.344 e. The molecule has 28 heavy (non-hydrogen) atoms. The highest BCUT2D eigenvalue weighted by molar-refractivity contribution is 5.92. The minimum absolute atomic E-state index is 0.129. The van der Waals surface area contributed by atoms with Crippen molar-refractivity contribution in [3.05, 3.63) is 47.8 Å². The van der Waals surface area contributed by atoms with Crippen LogP contribution in [0.1, 0.15) is 54.6 Å². The van der Waals surface area contributed by atoms with Crippen LogP contribution < -0.4 is 4.74 Å². The number of Topliss-reactive ketones (excluding diaryl/α,β-unsaturated/α-hetero) is 1. The van der Waals surface area contributed by atoms with Gasteiger partial charge < -0.3 is 9.64 Å². The van der Waals surface area contributed by atoms with Gasteiger partial charge in [0.1, 0.15) is 11.4 Å². The van der Waals surface area contributed by atoms with Crippen molar-refractivity contribution in [1.29, 1.82) is 0 Å². The lowest BCUT2D eigenvalue weighted by atomic mass is 10.0. The van der Waals surface area contributed by atoms with Gasteiger partial charge in [-0.05, 0) is 67.2 Å². The predicted molar refractivity (Wildman–Crippen MR) is 104 cm³/mol. The van der Waals surface area contributed by atoms with Crippen molar-refractivity contribution in [2.45, 2.75) is 44.6 Å². The summed E-state index contributed by atoms with van der Waals surface area (Å²) < 4.78 is 7.57. The Kier molecular flexibility index (Phi) is 4.22. The SMILES string of the molecule is CC(=O)c1ccn(C(=O)N2C[C@H]3C[C@H](Oc4cccc(C5CC5)c4)C[C@H]3C2)n1. The normalized spacial score (nSPS) is 26.3. The van der Waals surface area contributed by atoms with E-state index in [2.05, 4.69) is 29.4 Å². The Morgan fingerprint density at radius 2 is 1.86 bits per heavy atom. The summed E-state index contributed by atoms with van der Waals surface area (Å²) in [4.78, 5) is 25.9. The molecule has 0 spiro atoms. The molecule has 2 heterocycles. The van der Waals surface area contributed by atoms with Crippen molar-refractivity contribution >= 4 is 11.8 Å². The molecule has 3 fully saturated rings. The van der Waals surface area contributed by atoms with Crippen molar-refractivity contribution in [2.24, 2.45) is 11.8 Å². The molecule has 1 saturated heterocycles. The molecule has 1 aromatic heterocycles. The lowest BCUT2D eigenvalue weighted by Crippen LogP contribution is -2.34. The molecule has 1 aromatic carbocycles. The molecule has 0 N–H and O–H groups in total. The van der Waals surface area contributed by atoms with Gasteiger partial charge in [-0.1, -0.05) is 12.1 Å². The van der Waals surface area contributed by atoms with E-state index >= 15 is 0 Å². The Hall–Kier alpha value is -2.63. The molecule has 6 heteroatoms. The topological polar surface area (TPSA) is 64.4 Å². The second-order valence-corrected chi connectivity index (χ2v) is 8.47. The Morgan fingerprint density at radius 3 is 2.50 bits per heavy atom. The van der Waals surface area contributed by atoms with Crippen LogP contribution in [0.15, 0.2) is 36.5 Å². The summed E-state index contributed by atoms with van der Waals surface area (Å²) in [5.41, 5.74) is 1.73. The Bertz CT molecular complexity index is 903. The first-order valence-corrected chi connectivity index (χ1v) is 10.2. The number of nitrogens with zero attached hydrogens (tertiary/aromatic N) is 3. The number of amides is 1. The Balaban J connectivity index is 1.18. The zero-order valence-corrected chi connectivity index (χ0v) is 16.1. The number of carbonyl (C=O) groups is 2. The van der Waals surface area contributed by atoms with E-state index in [0.717, 1.165) is 37.6 Å². The summed E-state index contributed by atoms with van der Waals surface area (Å²) in [6.45, 7) is 2.93. The summed E-state index contributed by atoms with van der Waals surface area (Å²) >= 11 is 0. The largest absolute Gasteiger partial charge is 0.490 e. The van der Waals surface area contributed by atoms with E-state index in [1.165, 1.54) is 30.0 Å². The minimum Gasteiger partial charge on any atom is -0.490 e. The number of hydrogen-bond donors (Lipinski definition) is 0. The smallest absolute Gasteiger partial charge is 0.344 e. The fraction of sp³-hybridized carbons (Fsp3) is 0.500. The number of fused-ring (bicyclic) bond motifs is 1. The van der Waals surface area contributed by atoms with E-state index in [1.807, 2.05) is 4.90 Å². The molecule has 1 amide bonds. The van der Waals surface area contributed by atoms with Crippen LogP contribution in [0.5, 0.6) is 5.75 Å². The monoisotopic (exact) mass is 379 g/mol. The van der Waals surface area contributed by atoms with Gasteiger partial charge in [-0.25, -0.2) is 4.79 Å². The van der Waals surface area contributed by atoms with Crippen LogP contribution >= 0.6 is 0 Å². The summed E-state index contributed by atoms with van der Waals surface area (Å²) in [5, 5.41) is 4.10. The van der Waals surface area contributed by atoms with Crippen LogP contribution in [-0.2, 0) is 0 Å². The highest BCUT2D eigenvalue weighted by Crippen LogP contribution is 2.42. The fourth-order valence-corrected chi connectivity index (χ4v) is 4.71. The number of ketones is 1. The summed E-state index contributed by atoms with van der Waals surface area (Å²) in [6, 6.07) is 10.0. The van der Waals surface area contributed by atoms with Crippen molar-refractivity contribution in [2.75, 3.05) is 13.1 Å². The third-order valence-electron chi connectivity index (χ3n) is 6.33. The molecule has 3 aliphatic rings. The van der Waals surface area contributed by atoms with E-state index in [0.29, 0.717) is 17.5 Å². The summed E-state index contributed by atoms with van der Waals surface area (Å²) in [7, 11) is 0. The van der Waals surface area contributed by atoms with Crippen LogP contribution in [0.25, 0.3) is 0 Å². The first kappa shape index (κ1) is 17.5. The number of benzene rings is 1. The van der Waals surface area contributed by atoms with Gasteiger partial charge in [0.05, 0.1) is 6.10 Å². The van der Waals surface area contributed by atoms with Gasteiger partial charge >= 0.3 is 6.03 Å². The third kappa shape index (κ3) is 3.32. The van der Waals surface area contributed by atoms with Crippen LogP contribution in [0.4, 0.5) is 4.79 Å². The lowest BCUT2D eigenvalue weighted by Gasteiger charge is -2.20. The molecule has 2 aromatic rings. The molecule has 2 aliphatic carbocycles. The van der Waals surface area contributed by atoms with Crippen LogP contribution in [0, 0.1) is 11.8 Å². The molecule has 146 valence electrons. The summed E-state index contributed by atoms with van der Waals surface area (Å²) in [6.07, 6.45) is 6.37. The van der Waals surface area contributed by atoms with Gasteiger partial charge in [-0.2, -0.15) is 9.78 Å². The standard InChI is InChI=1S/C22H25N3O3/c1-14(26)21-7-8-25(23-21)22(27)24-12-17-10-20(11-18(17)13-24)28-19-4-2-3-16(9-19)15-5-6-15/h2-4,7-9,15,17-18,20H,5-6,10-13H2,1H3/t17-,18+,20+. The molecule has 0 unspecified atom stereocenters.